The van der Waals surface area contributed by atoms with Crippen LogP contribution in [0.3, 0.4) is 0 Å². The second-order valence-corrected chi connectivity index (χ2v) is 5.04. The predicted octanol–water partition coefficient (Wildman–Crippen LogP) is -0.735. The lowest BCUT2D eigenvalue weighted by molar-refractivity contribution is -0.124. The van der Waals surface area contributed by atoms with Crippen molar-refractivity contribution < 1.29 is 23.8 Å². The van der Waals surface area contributed by atoms with Crippen LogP contribution in [-0.2, 0) is 16.1 Å². The van der Waals surface area contributed by atoms with Crippen LogP contribution in [0.25, 0.3) is 0 Å². The number of carbonyl (C=O) groups is 2. The van der Waals surface area contributed by atoms with Crippen LogP contribution in [0.1, 0.15) is 16.1 Å². The standard InChI is InChI=1S/C15H13N3O7/c19-12-4-9(17-15(22)18-12)14(21)23-6-13(20)16-5-8-1-2-10-11(3-8)25-7-24-10/h1-4H,5-7H2,(H,16,20)(H2,17,18,19,22). The molecule has 1 aromatic carbocycles. The largest absolute Gasteiger partial charge is 0.454 e. The quantitative estimate of drug-likeness (QED) is 0.606. The van der Waals surface area contributed by atoms with Crippen molar-refractivity contribution in [3.63, 3.8) is 0 Å². The summed E-state index contributed by atoms with van der Waals surface area (Å²) in [5.41, 5.74) is -1.14. The van der Waals surface area contributed by atoms with Crippen molar-refractivity contribution in [3.05, 3.63) is 56.4 Å². The Morgan fingerprint density at radius 3 is 2.72 bits per heavy atom. The van der Waals surface area contributed by atoms with Crippen LogP contribution in [0.4, 0.5) is 0 Å². The lowest BCUT2D eigenvalue weighted by Gasteiger charge is -2.07. The lowest BCUT2D eigenvalue weighted by Crippen LogP contribution is -2.30. The number of H-pyrrole nitrogens is 2. The van der Waals surface area contributed by atoms with E-state index in [1.54, 1.807) is 18.2 Å². The zero-order chi connectivity index (χ0) is 17.8. The molecule has 0 unspecified atom stereocenters. The summed E-state index contributed by atoms with van der Waals surface area (Å²) in [6.07, 6.45) is 0. The molecule has 10 heteroatoms. The molecule has 0 atom stereocenters. The van der Waals surface area contributed by atoms with Gasteiger partial charge in [0.15, 0.2) is 18.1 Å². The molecule has 1 aromatic heterocycles. The van der Waals surface area contributed by atoms with E-state index in [2.05, 4.69) is 10.3 Å². The Kier molecular flexibility index (Phi) is 4.50. The van der Waals surface area contributed by atoms with E-state index < -0.39 is 29.7 Å². The zero-order valence-electron chi connectivity index (χ0n) is 12.8. The van der Waals surface area contributed by atoms with Crippen molar-refractivity contribution in [3.8, 4) is 11.5 Å². The fourth-order valence-electron chi connectivity index (χ4n) is 2.09. The number of amides is 1. The maximum atomic E-state index is 11.7. The number of carbonyl (C=O) groups excluding carboxylic acids is 2. The first-order valence-corrected chi connectivity index (χ1v) is 7.17. The Hall–Kier alpha value is -3.56. The Labute approximate surface area is 139 Å². The topological polar surface area (TPSA) is 140 Å². The van der Waals surface area contributed by atoms with Gasteiger partial charge in [0.1, 0.15) is 5.69 Å². The summed E-state index contributed by atoms with van der Waals surface area (Å²) in [5, 5.41) is 2.57. The number of aromatic amines is 2. The summed E-state index contributed by atoms with van der Waals surface area (Å²) >= 11 is 0. The molecule has 0 fully saturated rings. The number of hydrogen-bond donors (Lipinski definition) is 3. The van der Waals surface area contributed by atoms with Gasteiger partial charge in [0.05, 0.1) is 0 Å². The SMILES string of the molecule is O=C(COC(=O)c1cc(=O)[nH]c(=O)[nH]1)NCc1ccc2c(c1)OCO2. The number of aromatic nitrogens is 2. The maximum absolute atomic E-state index is 11.7. The van der Waals surface area contributed by atoms with Gasteiger partial charge in [0.25, 0.3) is 11.5 Å². The smallest absolute Gasteiger partial charge is 0.355 e. The fourth-order valence-corrected chi connectivity index (χ4v) is 2.09. The van der Waals surface area contributed by atoms with Crippen molar-refractivity contribution in [2.24, 2.45) is 0 Å². The third-order valence-electron chi connectivity index (χ3n) is 3.24. The Balaban J connectivity index is 1.50. The molecule has 3 N–H and O–H groups in total. The molecule has 0 bridgehead atoms. The number of fused-ring (bicyclic) bond motifs is 1. The number of rotatable bonds is 5. The first kappa shape index (κ1) is 16.3. The van der Waals surface area contributed by atoms with Crippen LogP contribution in [0.2, 0.25) is 0 Å². The molecule has 0 aliphatic carbocycles. The van der Waals surface area contributed by atoms with E-state index >= 15 is 0 Å². The molecular formula is C15H13N3O7. The Bertz CT molecular complexity index is 903. The molecule has 2 heterocycles. The predicted molar refractivity (Wildman–Crippen MR) is 82.4 cm³/mol. The van der Waals surface area contributed by atoms with E-state index in [1.807, 2.05) is 4.98 Å². The molecule has 2 aromatic rings. The highest BCUT2D eigenvalue weighted by Crippen LogP contribution is 2.32. The minimum atomic E-state index is -0.985. The highest BCUT2D eigenvalue weighted by molar-refractivity contribution is 5.89. The van der Waals surface area contributed by atoms with E-state index in [0.717, 1.165) is 11.6 Å². The summed E-state index contributed by atoms with van der Waals surface area (Å²) < 4.78 is 15.2. The lowest BCUT2D eigenvalue weighted by atomic mass is 10.2. The molecule has 25 heavy (non-hydrogen) atoms. The summed E-state index contributed by atoms with van der Waals surface area (Å²) in [6.45, 7) is -0.196. The van der Waals surface area contributed by atoms with E-state index in [1.165, 1.54) is 0 Å². The third-order valence-corrected chi connectivity index (χ3v) is 3.24. The molecule has 1 aliphatic rings. The van der Waals surface area contributed by atoms with E-state index in [-0.39, 0.29) is 19.0 Å². The van der Waals surface area contributed by atoms with E-state index in [4.69, 9.17) is 14.2 Å². The van der Waals surface area contributed by atoms with Crippen LogP contribution >= 0.6 is 0 Å². The molecule has 1 aliphatic heterocycles. The number of ether oxygens (including phenoxy) is 3. The minimum absolute atomic E-state index is 0.158. The summed E-state index contributed by atoms with van der Waals surface area (Å²) in [5.74, 6) is -0.299. The first-order chi connectivity index (χ1) is 12.0. The van der Waals surface area contributed by atoms with Gasteiger partial charge < -0.3 is 24.5 Å². The highest BCUT2D eigenvalue weighted by Gasteiger charge is 2.14. The van der Waals surface area contributed by atoms with Crippen molar-refractivity contribution in [1.82, 2.24) is 15.3 Å². The second-order valence-electron chi connectivity index (χ2n) is 5.04. The second kappa shape index (κ2) is 6.91. The average molecular weight is 347 g/mol. The van der Waals surface area contributed by atoms with Gasteiger partial charge in [0.2, 0.25) is 6.79 Å². The zero-order valence-corrected chi connectivity index (χ0v) is 12.8. The number of esters is 1. The van der Waals surface area contributed by atoms with Gasteiger partial charge in [-0.15, -0.1) is 0 Å². The first-order valence-electron chi connectivity index (χ1n) is 7.17. The molecule has 3 rings (SSSR count). The van der Waals surface area contributed by atoms with Crippen molar-refractivity contribution in [2.75, 3.05) is 13.4 Å². The van der Waals surface area contributed by atoms with E-state index in [0.29, 0.717) is 11.5 Å². The van der Waals surface area contributed by atoms with Crippen LogP contribution < -0.4 is 26.0 Å². The third kappa shape index (κ3) is 4.05. The van der Waals surface area contributed by atoms with Crippen LogP contribution in [0.5, 0.6) is 11.5 Å². The van der Waals surface area contributed by atoms with Crippen molar-refractivity contribution in [2.45, 2.75) is 6.54 Å². The van der Waals surface area contributed by atoms with Gasteiger partial charge in [-0.25, -0.2) is 9.59 Å². The monoisotopic (exact) mass is 347 g/mol. The van der Waals surface area contributed by atoms with Crippen molar-refractivity contribution in [1.29, 1.82) is 0 Å². The van der Waals surface area contributed by atoms with Gasteiger partial charge >= 0.3 is 11.7 Å². The Morgan fingerprint density at radius 1 is 1.12 bits per heavy atom. The van der Waals surface area contributed by atoms with Crippen molar-refractivity contribution >= 4 is 11.9 Å². The maximum Gasteiger partial charge on any atom is 0.355 e. The minimum Gasteiger partial charge on any atom is -0.454 e. The van der Waals surface area contributed by atoms with E-state index in [9.17, 15) is 19.2 Å². The molecule has 0 saturated heterocycles. The van der Waals surface area contributed by atoms with Crippen LogP contribution in [0, 0.1) is 0 Å². The van der Waals surface area contributed by atoms with Gasteiger partial charge in [-0.2, -0.15) is 0 Å². The molecular weight excluding hydrogens is 334 g/mol. The normalized spacial score (nSPS) is 11.8. The summed E-state index contributed by atoms with van der Waals surface area (Å²) in [6, 6.07) is 6.10. The van der Waals surface area contributed by atoms with Crippen LogP contribution in [0.15, 0.2) is 33.9 Å². The number of benzene rings is 1. The molecule has 1 amide bonds. The van der Waals surface area contributed by atoms with Gasteiger partial charge in [0, 0.05) is 12.6 Å². The molecule has 10 nitrogen and oxygen atoms in total. The summed E-state index contributed by atoms with van der Waals surface area (Å²) in [7, 11) is 0. The Morgan fingerprint density at radius 2 is 1.92 bits per heavy atom. The number of hydrogen-bond acceptors (Lipinski definition) is 7. The van der Waals surface area contributed by atoms with Gasteiger partial charge in [-0.3, -0.25) is 14.6 Å². The van der Waals surface area contributed by atoms with Gasteiger partial charge in [-0.05, 0) is 17.7 Å². The molecule has 130 valence electrons. The fraction of sp³-hybridized carbons (Fsp3) is 0.200. The van der Waals surface area contributed by atoms with Crippen LogP contribution in [-0.4, -0.2) is 35.2 Å². The highest BCUT2D eigenvalue weighted by atomic mass is 16.7. The molecule has 0 radical (unpaired) electrons. The molecule has 0 saturated carbocycles. The average Bonchev–Trinajstić information content (AvgIpc) is 3.04. The summed E-state index contributed by atoms with van der Waals surface area (Å²) in [4.78, 5) is 49.6. The number of nitrogens with one attached hydrogen (secondary N) is 3. The van der Waals surface area contributed by atoms with Gasteiger partial charge in [-0.1, -0.05) is 6.07 Å². The molecule has 0 spiro atoms.